The SMILES string of the molecule is C=C(c1ccc(C)cc1)c1c(C2CCCC2)nc2c(c1-c1ccsc1)C(C)CC1(CCC1)C2.CC. The van der Waals surface area contributed by atoms with Crippen molar-refractivity contribution in [1.82, 2.24) is 4.98 Å². The van der Waals surface area contributed by atoms with E-state index in [9.17, 15) is 0 Å². The molecule has 1 aromatic carbocycles. The lowest BCUT2D eigenvalue weighted by atomic mass is 9.57. The molecular formula is C33H41NS. The zero-order valence-electron chi connectivity index (χ0n) is 22.1. The van der Waals surface area contributed by atoms with Crippen LogP contribution in [0.4, 0.5) is 0 Å². The van der Waals surface area contributed by atoms with Gasteiger partial charge in [0.1, 0.15) is 0 Å². The smallest absolute Gasteiger partial charge is 0.0522 e. The van der Waals surface area contributed by atoms with Crippen molar-refractivity contribution in [1.29, 1.82) is 0 Å². The number of benzene rings is 1. The van der Waals surface area contributed by atoms with Crippen LogP contribution in [0, 0.1) is 12.3 Å². The Morgan fingerprint density at radius 2 is 1.74 bits per heavy atom. The number of hydrogen-bond acceptors (Lipinski definition) is 2. The summed E-state index contributed by atoms with van der Waals surface area (Å²) in [6.07, 6.45) is 11.9. The van der Waals surface area contributed by atoms with Gasteiger partial charge in [-0.05, 0) is 101 Å². The van der Waals surface area contributed by atoms with Crippen LogP contribution >= 0.6 is 11.3 Å². The summed E-state index contributed by atoms with van der Waals surface area (Å²) in [7, 11) is 0. The Morgan fingerprint density at radius 1 is 1.03 bits per heavy atom. The molecule has 0 bridgehead atoms. The number of thiophene rings is 1. The van der Waals surface area contributed by atoms with E-state index in [1.165, 1.54) is 103 Å². The first-order valence-corrected chi connectivity index (χ1v) is 14.8. The fourth-order valence-electron chi connectivity index (χ4n) is 6.98. The molecule has 2 fully saturated rings. The first kappa shape index (κ1) is 24.5. The zero-order valence-corrected chi connectivity index (χ0v) is 22.9. The van der Waals surface area contributed by atoms with Crippen molar-refractivity contribution in [3.05, 3.63) is 81.3 Å². The highest BCUT2D eigenvalue weighted by Crippen LogP contribution is 2.56. The average molecular weight is 484 g/mol. The van der Waals surface area contributed by atoms with Crippen LogP contribution < -0.4 is 0 Å². The number of aryl methyl sites for hydroxylation is 1. The Kier molecular flexibility index (Phi) is 7.04. The van der Waals surface area contributed by atoms with Gasteiger partial charge in [-0.1, -0.05) is 76.4 Å². The monoisotopic (exact) mass is 483 g/mol. The van der Waals surface area contributed by atoms with Crippen molar-refractivity contribution in [2.45, 2.75) is 97.3 Å². The van der Waals surface area contributed by atoms with Crippen LogP contribution in [0.5, 0.6) is 0 Å². The van der Waals surface area contributed by atoms with Crippen molar-refractivity contribution >= 4 is 16.9 Å². The first-order valence-electron chi connectivity index (χ1n) is 13.9. The van der Waals surface area contributed by atoms with Gasteiger partial charge in [0.2, 0.25) is 0 Å². The minimum Gasteiger partial charge on any atom is -0.257 e. The first-order chi connectivity index (χ1) is 17.0. The summed E-state index contributed by atoms with van der Waals surface area (Å²) < 4.78 is 0. The number of hydrogen-bond donors (Lipinski definition) is 0. The fourth-order valence-corrected chi connectivity index (χ4v) is 7.62. The standard InChI is InChI=1S/C31H35NS.C2H6/c1-20-9-11-23(12-10-20)22(3)28-29(25-13-16-33-19-25)27-21(2)17-31(14-6-15-31)18-26(27)32-30(28)24-7-4-5-8-24;1-2/h9-13,16,19,21,24H,3-8,14-15,17-18H2,1-2H3;1-2H3. The predicted molar refractivity (Wildman–Crippen MR) is 152 cm³/mol. The fraction of sp³-hybridized carbons (Fsp3) is 0.485. The maximum absolute atomic E-state index is 5.60. The Morgan fingerprint density at radius 3 is 2.34 bits per heavy atom. The molecule has 1 spiro atoms. The second-order valence-electron chi connectivity index (χ2n) is 11.1. The maximum atomic E-state index is 5.60. The summed E-state index contributed by atoms with van der Waals surface area (Å²) in [5, 5.41) is 4.58. The lowest BCUT2D eigenvalue weighted by Crippen LogP contribution is -2.37. The van der Waals surface area contributed by atoms with E-state index in [0.717, 1.165) is 5.57 Å². The number of aromatic nitrogens is 1. The largest absolute Gasteiger partial charge is 0.257 e. The molecular weight excluding hydrogens is 442 g/mol. The summed E-state index contributed by atoms with van der Waals surface area (Å²) in [4.78, 5) is 5.60. The van der Waals surface area contributed by atoms with E-state index in [0.29, 0.717) is 17.3 Å². The highest BCUT2D eigenvalue weighted by molar-refractivity contribution is 7.08. The molecule has 35 heavy (non-hydrogen) atoms. The van der Waals surface area contributed by atoms with Crippen LogP contribution in [-0.2, 0) is 6.42 Å². The van der Waals surface area contributed by atoms with Crippen molar-refractivity contribution in [2.75, 3.05) is 0 Å². The third-order valence-corrected chi connectivity index (χ3v) is 9.47. The summed E-state index contributed by atoms with van der Waals surface area (Å²) >= 11 is 1.81. The van der Waals surface area contributed by atoms with Gasteiger partial charge in [-0.3, -0.25) is 4.98 Å². The summed E-state index contributed by atoms with van der Waals surface area (Å²) in [6.45, 7) is 13.3. The molecule has 184 valence electrons. The minimum atomic E-state index is 0.522. The number of rotatable bonds is 4. The van der Waals surface area contributed by atoms with E-state index in [1.807, 2.05) is 25.2 Å². The van der Waals surface area contributed by atoms with Crippen LogP contribution in [-0.4, -0.2) is 4.98 Å². The maximum Gasteiger partial charge on any atom is 0.0522 e. The van der Waals surface area contributed by atoms with Crippen LogP contribution in [0.3, 0.4) is 0 Å². The van der Waals surface area contributed by atoms with E-state index in [2.05, 4.69) is 54.9 Å². The molecule has 6 rings (SSSR count). The number of nitrogens with zero attached hydrogens (tertiary/aromatic N) is 1. The second kappa shape index (κ2) is 10.1. The normalized spacial score (nSPS) is 20.6. The van der Waals surface area contributed by atoms with Crippen molar-refractivity contribution in [3.63, 3.8) is 0 Å². The molecule has 2 heteroatoms. The van der Waals surface area contributed by atoms with Crippen molar-refractivity contribution in [2.24, 2.45) is 5.41 Å². The van der Waals surface area contributed by atoms with Gasteiger partial charge >= 0.3 is 0 Å². The molecule has 2 aromatic heterocycles. The summed E-state index contributed by atoms with van der Waals surface area (Å²) in [5.74, 6) is 1.12. The molecule has 1 atom stereocenters. The van der Waals surface area contributed by atoms with Crippen LogP contribution in [0.1, 0.15) is 118 Å². The summed E-state index contributed by atoms with van der Waals surface area (Å²) in [5.41, 5.74) is 12.7. The molecule has 0 aliphatic heterocycles. The van der Waals surface area contributed by atoms with Gasteiger partial charge in [0, 0.05) is 17.2 Å². The van der Waals surface area contributed by atoms with Crippen LogP contribution in [0.25, 0.3) is 16.7 Å². The average Bonchev–Trinajstić information content (AvgIpc) is 3.58. The van der Waals surface area contributed by atoms with Crippen molar-refractivity contribution < 1.29 is 0 Å². The molecule has 3 aromatic rings. The number of pyridine rings is 1. The third kappa shape index (κ3) is 4.44. The van der Waals surface area contributed by atoms with Crippen LogP contribution in [0.15, 0.2) is 47.7 Å². The minimum absolute atomic E-state index is 0.522. The molecule has 3 aliphatic carbocycles. The summed E-state index contributed by atoms with van der Waals surface area (Å²) in [6, 6.07) is 11.3. The van der Waals surface area contributed by atoms with E-state index < -0.39 is 0 Å². The topological polar surface area (TPSA) is 12.9 Å². The molecule has 0 radical (unpaired) electrons. The molecule has 0 N–H and O–H groups in total. The third-order valence-electron chi connectivity index (χ3n) is 8.78. The van der Waals surface area contributed by atoms with E-state index >= 15 is 0 Å². The molecule has 1 nitrogen and oxygen atoms in total. The molecule has 1 unspecified atom stereocenters. The van der Waals surface area contributed by atoms with Gasteiger partial charge in [0.05, 0.1) is 5.69 Å². The lowest BCUT2D eigenvalue weighted by Gasteiger charge is -2.48. The second-order valence-corrected chi connectivity index (χ2v) is 11.9. The van der Waals surface area contributed by atoms with Crippen molar-refractivity contribution in [3.8, 4) is 11.1 Å². The highest BCUT2D eigenvalue weighted by Gasteiger charge is 2.44. The molecule has 2 saturated carbocycles. The van der Waals surface area contributed by atoms with E-state index in [1.54, 1.807) is 0 Å². The lowest BCUT2D eigenvalue weighted by molar-refractivity contribution is 0.0982. The van der Waals surface area contributed by atoms with E-state index in [-0.39, 0.29) is 0 Å². The number of fused-ring (bicyclic) bond motifs is 1. The van der Waals surface area contributed by atoms with Gasteiger partial charge < -0.3 is 0 Å². The van der Waals surface area contributed by atoms with Gasteiger partial charge in [-0.25, -0.2) is 0 Å². The van der Waals surface area contributed by atoms with Gasteiger partial charge in [-0.2, -0.15) is 11.3 Å². The highest BCUT2D eigenvalue weighted by atomic mass is 32.1. The van der Waals surface area contributed by atoms with E-state index in [4.69, 9.17) is 11.6 Å². The van der Waals surface area contributed by atoms with Gasteiger partial charge in [0.25, 0.3) is 0 Å². The molecule has 2 heterocycles. The zero-order chi connectivity index (χ0) is 24.6. The Bertz CT molecular complexity index is 1170. The Labute approximate surface area is 216 Å². The molecule has 3 aliphatic rings. The quantitative estimate of drug-likeness (QED) is 0.360. The Hall–Kier alpha value is -2.19. The van der Waals surface area contributed by atoms with Gasteiger partial charge in [0.15, 0.2) is 0 Å². The predicted octanol–water partition coefficient (Wildman–Crippen LogP) is 10.1. The van der Waals surface area contributed by atoms with Crippen LogP contribution in [0.2, 0.25) is 0 Å². The molecule has 0 amide bonds. The van der Waals surface area contributed by atoms with Gasteiger partial charge in [-0.15, -0.1) is 0 Å². The Balaban J connectivity index is 0.00000124. The molecule has 0 saturated heterocycles.